The van der Waals surface area contributed by atoms with Gasteiger partial charge in [0.15, 0.2) is 5.78 Å². The second kappa shape index (κ2) is 8.15. The second-order valence-electron chi connectivity index (χ2n) is 5.53. The van der Waals surface area contributed by atoms with Crippen LogP contribution < -0.4 is 10.1 Å². The van der Waals surface area contributed by atoms with Crippen LogP contribution in [0.4, 0.5) is 0 Å². The Kier molecular flexibility index (Phi) is 5.95. The van der Waals surface area contributed by atoms with Crippen LogP contribution in [0.2, 0.25) is 0 Å². The zero-order chi connectivity index (χ0) is 17.5. The van der Waals surface area contributed by atoms with Gasteiger partial charge in [-0.15, -0.1) is 0 Å². The molecule has 126 valence electrons. The van der Waals surface area contributed by atoms with E-state index in [9.17, 15) is 14.7 Å². The number of hydrogen-bond acceptors (Lipinski definition) is 4. The molecule has 0 radical (unpaired) electrons. The first-order chi connectivity index (χ1) is 11.5. The van der Waals surface area contributed by atoms with Crippen LogP contribution in [0, 0.1) is 0 Å². The molecule has 0 unspecified atom stereocenters. The monoisotopic (exact) mass is 327 g/mol. The molecule has 2 N–H and O–H groups in total. The first kappa shape index (κ1) is 17.5. The van der Waals surface area contributed by atoms with Gasteiger partial charge in [-0.3, -0.25) is 9.59 Å². The zero-order valence-corrected chi connectivity index (χ0v) is 13.8. The predicted molar refractivity (Wildman–Crippen MR) is 91.2 cm³/mol. The molecule has 0 aliphatic heterocycles. The van der Waals surface area contributed by atoms with E-state index in [2.05, 4.69) is 5.32 Å². The lowest BCUT2D eigenvalue weighted by molar-refractivity contribution is -0.121. The number of carbonyl (C=O) groups excluding carboxylic acids is 2. The van der Waals surface area contributed by atoms with Crippen molar-refractivity contribution in [1.82, 2.24) is 5.32 Å². The van der Waals surface area contributed by atoms with Gasteiger partial charge < -0.3 is 15.2 Å². The van der Waals surface area contributed by atoms with Crippen molar-refractivity contribution in [2.24, 2.45) is 0 Å². The van der Waals surface area contributed by atoms with Crippen LogP contribution in [0.15, 0.2) is 48.5 Å². The third kappa shape index (κ3) is 4.84. The number of rotatable bonds is 7. The highest BCUT2D eigenvalue weighted by atomic mass is 16.5. The summed E-state index contributed by atoms with van der Waals surface area (Å²) in [6.07, 6.45) is 0.285. The van der Waals surface area contributed by atoms with Crippen molar-refractivity contribution >= 4 is 11.7 Å². The number of hydrogen-bond donors (Lipinski definition) is 2. The molecule has 0 heterocycles. The van der Waals surface area contributed by atoms with E-state index in [0.29, 0.717) is 11.3 Å². The number of phenols is 1. The average Bonchev–Trinajstić information content (AvgIpc) is 2.60. The molecule has 0 fully saturated rings. The Morgan fingerprint density at radius 1 is 1.04 bits per heavy atom. The summed E-state index contributed by atoms with van der Waals surface area (Å²) in [5, 5.41) is 12.1. The highest BCUT2D eigenvalue weighted by Crippen LogP contribution is 2.17. The Hall–Kier alpha value is -2.82. The summed E-state index contributed by atoms with van der Waals surface area (Å²) < 4.78 is 5.05. The number of Topliss-reactive ketones (excluding diaryl/α,β-unsaturated/α-hetero) is 1. The van der Waals surface area contributed by atoms with Crippen molar-refractivity contribution in [3.8, 4) is 11.5 Å². The molecule has 2 aromatic carbocycles. The highest BCUT2D eigenvalue weighted by molar-refractivity contribution is 5.98. The maximum absolute atomic E-state index is 12.1. The van der Waals surface area contributed by atoms with E-state index in [-0.39, 0.29) is 36.3 Å². The predicted octanol–water partition coefficient (Wildman–Crippen LogP) is 3.24. The molecule has 0 spiro atoms. The van der Waals surface area contributed by atoms with Crippen molar-refractivity contribution in [2.45, 2.75) is 25.8 Å². The van der Waals surface area contributed by atoms with Gasteiger partial charge in [0.2, 0.25) is 5.91 Å². The van der Waals surface area contributed by atoms with E-state index >= 15 is 0 Å². The Bertz CT molecular complexity index is 692. The van der Waals surface area contributed by atoms with E-state index in [1.54, 1.807) is 55.6 Å². The van der Waals surface area contributed by atoms with E-state index in [1.165, 1.54) is 0 Å². The molecule has 0 bridgehead atoms. The van der Waals surface area contributed by atoms with Crippen molar-refractivity contribution in [1.29, 1.82) is 0 Å². The molecular formula is C19H21NO4. The molecule has 0 saturated heterocycles. The van der Waals surface area contributed by atoms with Gasteiger partial charge >= 0.3 is 0 Å². The minimum atomic E-state index is -0.186. The van der Waals surface area contributed by atoms with Crippen molar-refractivity contribution in [3.05, 3.63) is 59.7 Å². The van der Waals surface area contributed by atoms with Gasteiger partial charge in [0.1, 0.15) is 11.5 Å². The maximum atomic E-state index is 12.1. The molecule has 1 atom stereocenters. The lowest BCUT2D eigenvalue weighted by Crippen LogP contribution is -2.26. The minimum absolute atomic E-state index is 0.0786. The normalized spacial score (nSPS) is 11.6. The molecule has 24 heavy (non-hydrogen) atoms. The Labute approximate surface area is 141 Å². The summed E-state index contributed by atoms with van der Waals surface area (Å²) in [4.78, 5) is 24.1. The van der Waals surface area contributed by atoms with Crippen LogP contribution >= 0.6 is 0 Å². The number of ether oxygens (including phenoxy) is 1. The van der Waals surface area contributed by atoms with Crippen LogP contribution in [-0.4, -0.2) is 23.9 Å². The van der Waals surface area contributed by atoms with Gasteiger partial charge in [0.25, 0.3) is 0 Å². The highest BCUT2D eigenvalue weighted by Gasteiger charge is 2.12. The SMILES string of the molecule is COc1ccc(C(=O)CCC(=O)N[C@H](C)c2ccc(O)cc2)cc1. The third-order valence-corrected chi connectivity index (χ3v) is 3.76. The van der Waals surface area contributed by atoms with E-state index in [4.69, 9.17) is 4.74 Å². The standard InChI is InChI=1S/C19H21NO4/c1-13(14-3-7-16(21)8-4-14)20-19(23)12-11-18(22)15-5-9-17(24-2)10-6-15/h3-10,13,21H,11-12H2,1-2H3,(H,20,23)/t13-/m1/s1. The molecule has 0 aliphatic rings. The fourth-order valence-electron chi connectivity index (χ4n) is 2.31. The zero-order valence-electron chi connectivity index (χ0n) is 13.8. The summed E-state index contributed by atoms with van der Waals surface area (Å²) >= 11 is 0. The van der Waals surface area contributed by atoms with Crippen LogP contribution in [0.5, 0.6) is 11.5 Å². The number of methoxy groups -OCH3 is 1. The minimum Gasteiger partial charge on any atom is -0.508 e. The molecule has 2 aromatic rings. The fraction of sp³-hybridized carbons (Fsp3) is 0.263. The molecular weight excluding hydrogens is 306 g/mol. The lowest BCUT2D eigenvalue weighted by atomic mass is 10.1. The first-order valence-electron chi connectivity index (χ1n) is 7.75. The van der Waals surface area contributed by atoms with Gasteiger partial charge in [0.05, 0.1) is 13.2 Å². The van der Waals surface area contributed by atoms with Gasteiger partial charge in [-0.2, -0.15) is 0 Å². The summed E-state index contributed by atoms with van der Waals surface area (Å²) in [5.41, 5.74) is 1.46. The Morgan fingerprint density at radius 3 is 2.25 bits per heavy atom. The average molecular weight is 327 g/mol. The van der Waals surface area contributed by atoms with Crippen LogP contribution in [0.3, 0.4) is 0 Å². The summed E-state index contributed by atoms with van der Waals surface area (Å²) in [5.74, 6) is 0.608. The van der Waals surface area contributed by atoms with E-state index in [1.807, 2.05) is 6.92 Å². The number of phenolic OH excluding ortho intramolecular Hbond substituents is 1. The summed E-state index contributed by atoms with van der Waals surface area (Å²) in [6, 6.07) is 13.3. The van der Waals surface area contributed by atoms with Crippen molar-refractivity contribution in [3.63, 3.8) is 0 Å². The van der Waals surface area contributed by atoms with Gasteiger partial charge in [-0.05, 0) is 48.9 Å². The molecule has 5 nitrogen and oxygen atoms in total. The van der Waals surface area contributed by atoms with Crippen LogP contribution in [0.25, 0.3) is 0 Å². The van der Waals surface area contributed by atoms with Gasteiger partial charge in [-0.1, -0.05) is 12.1 Å². The van der Waals surface area contributed by atoms with E-state index < -0.39 is 0 Å². The largest absolute Gasteiger partial charge is 0.508 e. The number of nitrogens with one attached hydrogen (secondary N) is 1. The quantitative estimate of drug-likeness (QED) is 0.766. The number of ketones is 1. The molecule has 0 aliphatic carbocycles. The van der Waals surface area contributed by atoms with Crippen LogP contribution in [-0.2, 0) is 4.79 Å². The summed E-state index contributed by atoms with van der Waals surface area (Å²) in [6.45, 7) is 1.86. The molecule has 2 rings (SSSR count). The van der Waals surface area contributed by atoms with Crippen molar-refractivity contribution in [2.75, 3.05) is 7.11 Å². The fourth-order valence-corrected chi connectivity index (χ4v) is 2.31. The third-order valence-electron chi connectivity index (χ3n) is 3.76. The molecule has 1 amide bonds. The maximum Gasteiger partial charge on any atom is 0.220 e. The molecule has 5 heteroatoms. The van der Waals surface area contributed by atoms with E-state index in [0.717, 1.165) is 5.56 Å². The second-order valence-corrected chi connectivity index (χ2v) is 5.53. The molecule has 0 aromatic heterocycles. The first-order valence-corrected chi connectivity index (χ1v) is 7.75. The molecule has 0 saturated carbocycles. The van der Waals surface area contributed by atoms with Gasteiger partial charge in [0, 0.05) is 18.4 Å². The van der Waals surface area contributed by atoms with Gasteiger partial charge in [-0.25, -0.2) is 0 Å². The smallest absolute Gasteiger partial charge is 0.220 e. The Morgan fingerprint density at radius 2 is 1.67 bits per heavy atom. The topological polar surface area (TPSA) is 75.6 Å². The summed E-state index contributed by atoms with van der Waals surface area (Å²) in [7, 11) is 1.57. The number of amides is 1. The van der Waals surface area contributed by atoms with Crippen molar-refractivity contribution < 1.29 is 19.4 Å². The lowest BCUT2D eigenvalue weighted by Gasteiger charge is -2.14. The Balaban J connectivity index is 1.83. The number of aromatic hydroxyl groups is 1. The number of benzene rings is 2. The number of carbonyl (C=O) groups is 2. The van der Waals surface area contributed by atoms with Crippen LogP contribution in [0.1, 0.15) is 41.7 Å².